The van der Waals surface area contributed by atoms with Gasteiger partial charge in [-0.2, -0.15) is 5.10 Å². The Morgan fingerprint density at radius 3 is 2.27 bits per heavy atom. The second-order valence-corrected chi connectivity index (χ2v) is 7.78. The van der Waals surface area contributed by atoms with E-state index in [0.29, 0.717) is 22.5 Å². The van der Waals surface area contributed by atoms with Crippen LogP contribution in [0.25, 0.3) is 16.9 Å². The number of nitrogens with zero attached hydrogens (tertiary/aromatic N) is 3. The van der Waals surface area contributed by atoms with Crippen molar-refractivity contribution in [1.29, 1.82) is 0 Å². The van der Waals surface area contributed by atoms with Crippen LogP contribution in [0, 0.1) is 5.82 Å². The highest BCUT2D eigenvalue weighted by atomic mass is 19.1. The average molecular weight is 442 g/mol. The van der Waals surface area contributed by atoms with Crippen LogP contribution >= 0.6 is 0 Å². The molecule has 0 atom stereocenters. The first-order valence-electron chi connectivity index (χ1n) is 10.8. The number of para-hydroxylation sites is 1. The van der Waals surface area contributed by atoms with Gasteiger partial charge in [0.15, 0.2) is 0 Å². The number of halogens is 1. The van der Waals surface area contributed by atoms with Crippen molar-refractivity contribution < 1.29 is 13.9 Å². The lowest BCUT2D eigenvalue weighted by Gasteiger charge is -2.28. The van der Waals surface area contributed by atoms with Crippen molar-refractivity contribution in [2.75, 3.05) is 36.5 Å². The van der Waals surface area contributed by atoms with Crippen LogP contribution in [0.5, 0.6) is 0 Å². The molecule has 166 valence electrons. The Labute approximate surface area is 191 Å². The quantitative estimate of drug-likeness (QED) is 0.484. The highest BCUT2D eigenvalue weighted by Gasteiger charge is 2.19. The number of hydrogen-bond donors (Lipinski definition) is 1. The average Bonchev–Trinajstić information content (AvgIpc) is 3.32. The lowest BCUT2D eigenvalue weighted by Crippen LogP contribution is -2.36. The molecule has 1 aliphatic heterocycles. The van der Waals surface area contributed by atoms with E-state index in [1.807, 2.05) is 54.6 Å². The molecule has 5 rings (SSSR count). The summed E-state index contributed by atoms with van der Waals surface area (Å²) in [6.07, 6.45) is 1.70. The van der Waals surface area contributed by atoms with Gasteiger partial charge in [-0.15, -0.1) is 0 Å². The maximum absolute atomic E-state index is 13.5. The highest BCUT2D eigenvalue weighted by molar-refractivity contribution is 6.08. The molecule has 1 saturated heterocycles. The predicted octanol–water partition coefficient (Wildman–Crippen LogP) is 4.77. The minimum atomic E-state index is -0.340. The monoisotopic (exact) mass is 442 g/mol. The van der Waals surface area contributed by atoms with Gasteiger partial charge in [-0.25, -0.2) is 9.07 Å². The van der Waals surface area contributed by atoms with E-state index >= 15 is 0 Å². The molecule has 1 amide bonds. The second-order valence-electron chi connectivity index (χ2n) is 7.78. The maximum atomic E-state index is 13.5. The number of hydrogen-bond acceptors (Lipinski definition) is 4. The van der Waals surface area contributed by atoms with Gasteiger partial charge in [0.05, 0.1) is 24.5 Å². The summed E-state index contributed by atoms with van der Waals surface area (Å²) in [5.74, 6) is -0.622. The molecule has 7 heteroatoms. The summed E-state index contributed by atoms with van der Waals surface area (Å²) in [4.78, 5) is 15.5. The standard InChI is InChI=1S/C26H23FN4O2/c27-20-8-6-19(7-9-20)25-24(18-31(29-25)23-4-2-1-3-5-23)26(32)28-21-10-12-22(13-11-21)30-14-16-33-17-15-30/h1-13,18H,14-17H2,(H,28,32). The molecule has 0 bridgehead atoms. The number of rotatable bonds is 5. The van der Waals surface area contributed by atoms with Crippen LogP contribution in [0.4, 0.5) is 15.8 Å². The van der Waals surface area contributed by atoms with Crippen LogP contribution in [-0.4, -0.2) is 42.0 Å². The van der Waals surface area contributed by atoms with Crippen molar-refractivity contribution in [3.05, 3.63) is 96.4 Å². The first-order valence-corrected chi connectivity index (χ1v) is 10.8. The molecule has 0 unspecified atom stereocenters. The first-order chi connectivity index (χ1) is 16.2. The maximum Gasteiger partial charge on any atom is 0.259 e. The number of carbonyl (C=O) groups excluding carboxylic acids is 1. The third-order valence-electron chi connectivity index (χ3n) is 5.60. The molecule has 33 heavy (non-hydrogen) atoms. The molecule has 0 spiro atoms. The Kier molecular flexibility index (Phi) is 5.87. The molecule has 4 aromatic rings. The Hall–Kier alpha value is -3.97. The Balaban J connectivity index is 1.42. The van der Waals surface area contributed by atoms with E-state index < -0.39 is 0 Å². The molecule has 1 aliphatic rings. The number of aromatic nitrogens is 2. The van der Waals surface area contributed by atoms with E-state index in [2.05, 4.69) is 15.3 Å². The van der Waals surface area contributed by atoms with E-state index in [0.717, 1.165) is 37.7 Å². The van der Waals surface area contributed by atoms with Gasteiger partial charge in [0, 0.05) is 36.2 Å². The Morgan fingerprint density at radius 1 is 0.879 bits per heavy atom. The third kappa shape index (κ3) is 4.63. The summed E-state index contributed by atoms with van der Waals surface area (Å²) in [6.45, 7) is 3.14. The van der Waals surface area contributed by atoms with Crippen molar-refractivity contribution in [1.82, 2.24) is 9.78 Å². The van der Waals surface area contributed by atoms with E-state index in [9.17, 15) is 9.18 Å². The fourth-order valence-corrected chi connectivity index (χ4v) is 3.85. The number of ether oxygens (including phenoxy) is 1. The van der Waals surface area contributed by atoms with Crippen molar-refractivity contribution in [2.24, 2.45) is 0 Å². The zero-order chi connectivity index (χ0) is 22.6. The number of amides is 1. The fourth-order valence-electron chi connectivity index (χ4n) is 3.85. The topological polar surface area (TPSA) is 59.4 Å². The fraction of sp³-hybridized carbons (Fsp3) is 0.154. The summed E-state index contributed by atoms with van der Waals surface area (Å²) in [5.41, 5.74) is 4.17. The van der Waals surface area contributed by atoms with Crippen LogP contribution in [0.15, 0.2) is 85.1 Å². The van der Waals surface area contributed by atoms with E-state index in [4.69, 9.17) is 4.74 Å². The summed E-state index contributed by atoms with van der Waals surface area (Å²) >= 11 is 0. The van der Waals surface area contributed by atoms with Gasteiger partial charge in [-0.1, -0.05) is 18.2 Å². The Bertz CT molecular complexity index is 1230. The minimum Gasteiger partial charge on any atom is -0.378 e. The van der Waals surface area contributed by atoms with Gasteiger partial charge >= 0.3 is 0 Å². The van der Waals surface area contributed by atoms with Crippen LogP contribution in [-0.2, 0) is 4.74 Å². The molecule has 1 fully saturated rings. The molecule has 0 radical (unpaired) electrons. The highest BCUT2D eigenvalue weighted by Crippen LogP contribution is 2.26. The molecule has 1 aromatic heterocycles. The van der Waals surface area contributed by atoms with E-state index in [1.165, 1.54) is 12.1 Å². The summed E-state index contributed by atoms with van der Waals surface area (Å²) in [5, 5.41) is 7.60. The molecule has 3 aromatic carbocycles. The summed E-state index contributed by atoms with van der Waals surface area (Å²) in [7, 11) is 0. The third-order valence-corrected chi connectivity index (χ3v) is 5.60. The van der Waals surface area contributed by atoms with Gasteiger partial charge in [0.2, 0.25) is 0 Å². The van der Waals surface area contributed by atoms with Gasteiger partial charge in [-0.3, -0.25) is 4.79 Å². The van der Waals surface area contributed by atoms with Gasteiger partial charge < -0.3 is 15.0 Å². The van der Waals surface area contributed by atoms with Gasteiger partial charge in [0.25, 0.3) is 5.91 Å². The summed E-state index contributed by atoms with van der Waals surface area (Å²) in [6, 6.07) is 23.3. The largest absolute Gasteiger partial charge is 0.378 e. The van der Waals surface area contributed by atoms with Crippen LogP contribution in [0.2, 0.25) is 0 Å². The number of morpholine rings is 1. The molecular formula is C26H23FN4O2. The molecule has 0 aliphatic carbocycles. The lowest BCUT2D eigenvalue weighted by atomic mass is 10.1. The molecule has 6 nitrogen and oxygen atoms in total. The van der Waals surface area contributed by atoms with Crippen molar-refractivity contribution in [2.45, 2.75) is 0 Å². The molecular weight excluding hydrogens is 419 g/mol. The number of anilines is 2. The van der Waals surface area contributed by atoms with Gasteiger partial charge in [0.1, 0.15) is 11.5 Å². The SMILES string of the molecule is O=C(Nc1ccc(N2CCOCC2)cc1)c1cn(-c2ccccc2)nc1-c1ccc(F)cc1. The number of carbonyl (C=O) groups is 1. The predicted molar refractivity (Wildman–Crippen MR) is 126 cm³/mol. The Morgan fingerprint density at radius 2 is 1.58 bits per heavy atom. The minimum absolute atomic E-state index is 0.282. The zero-order valence-electron chi connectivity index (χ0n) is 17.9. The molecule has 2 heterocycles. The second kappa shape index (κ2) is 9.26. The normalized spacial score (nSPS) is 13.7. The smallest absolute Gasteiger partial charge is 0.259 e. The van der Waals surface area contributed by atoms with Crippen LogP contribution in [0.1, 0.15) is 10.4 Å². The molecule has 0 saturated carbocycles. The molecule has 1 N–H and O–H groups in total. The van der Waals surface area contributed by atoms with E-state index in [1.54, 1.807) is 23.0 Å². The zero-order valence-corrected chi connectivity index (χ0v) is 17.9. The number of benzene rings is 3. The van der Waals surface area contributed by atoms with Crippen molar-refractivity contribution in [3.63, 3.8) is 0 Å². The summed E-state index contributed by atoms with van der Waals surface area (Å²) < 4.78 is 20.5. The first kappa shape index (κ1) is 20.9. The lowest BCUT2D eigenvalue weighted by molar-refractivity contribution is 0.102. The van der Waals surface area contributed by atoms with Crippen molar-refractivity contribution in [3.8, 4) is 16.9 Å². The van der Waals surface area contributed by atoms with Crippen LogP contribution < -0.4 is 10.2 Å². The van der Waals surface area contributed by atoms with E-state index in [-0.39, 0.29) is 11.7 Å². The van der Waals surface area contributed by atoms with Crippen LogP contribution in [0.3, 0.4) is 0 Å². The van der Waals surface area contributed by atoms with Gasteiger partial charge in [-0.05, 0) is 60.7 Å². The van der Waals surface area contributed by atoms with Crippen molar-refractivity contribution >= 4 is 17.3 Å². The number of nitrogens with one attached hydrogen (secondary N) is 1.